The largest absolute Gasteiger partial charge is 0.480 e. The second kappa shape index (κ2) is 8.06. The van der Waals surface area contributed by atoms with Crippen molar-refractivity contribution in [2.24, 2.45) is 0 Å². The van der Waals surface area contributed by atoms with Gasteiger partial charge in [-0.05, 0) is 37.1 Å². The molecule has 1 aliphatic rings. The number of hydrogen-bond donors (Lipinski definition) is 2. The van der Waals surface area contributed by atoms with Gasteiger partial charge in [0.2, 0.25) is 0 Å². The summed E-state index contributed by atoms with van der Waals surface area (Å²) in [6.07, 6.45) is 5.97. The summed E-state index contributed by atoms with van der Waals surface area (Å²) >= 11 is 0. The third kappa shape index (κ3) is 4.93. The van der Waals surface area contributed by atoms with Crippen molar-refractivity contribution in [3.05, 3.63) is 41.7 Å². The van der Waals surface area contributed by atoms with Crippen molar-refractivity contribution in [1.29, 1.82) is 0 Å². The van der Waals surface area contributed by atoms with Crippen LogP contribution in [0.1, 0.15) is 25.3 Å². The van der Waals surface area contributed by atoms with Crippen LogP contribution in [0.3, 0.4) is 0 Å². The molecular formula is C17H23FN2O2. The zero-order valence-corrected chi connectivity index (χ0v) is 12.8. The number of benzene rings is 1. The summed E-state index contributed by atoms with van der Waals surface area (Å²) in [5.74, 6) is -0.988. The monoisotopic (exact) mass is 306 g/mol. The average Bonchev–Trinajstić information content (AvgIpc) is 2.45. The highest BCUT2D eigenvalue weighted by atomic mass is 19.1. The van der Waals surface area contributed by atoms with Crippen LogP contribution in [0, 0.1) is 5.82 Å². The molecule has 1 fully saturated rings. The molecule has 1 aromatic rings. The van der Waals surface area contributed by atoms with E-state index in [4.69, 9.17) is 5.11 Å². The molecule has 1 aromatic carbocycles. The highest BCUT2D eigenvalue weighted by Gasteiger charge is 2.33. The van der Waals surface area contributed by atoms with E-state index in [9.17, 15) is 9.18 Å². The van der Waals surface area contributed by atoms with Crippen LogP contribution in [0.25, 0.3) is 6.08 Å². The molecule has 0 amide bonds. The Labute approximate surface area is 130 Å². The summed E-state index contributed by atoms with van der Waals surface area (Å²) in [6.45, 7) is 3.65. The topological polar surface area (TPSA) is 52.6 Å². The predicted octanol–water partition coefficient (Wildman–Crippen LogP) is 2.37. The Kier molecular flexibility index (Phi) is 6.10. The van der Waals surface area contributed by atoms with E-state index in [0.29, 0.717) is 12.1 Å². The van der Waals surface area contributed by atoms with Crippen LogP contribution >= 0.6 is 0 Å². The fourth-order valence-electron chi connectivity index (χ4n) is 2.73. The maximum absolute atomic E-state index is 12.8. The number of nitrogens with zero attached hydrogens (tertiary/aromatic N) is 1. The second-order valence-corrected chi connectivity index (χ2v) is 5.64. The van der Waals surface area contributed by atoms with Crippen molar-refractivity contribution in [1.82, 2.24) is 10.2 Å². The summed E-state index contributed by atoms with van der Waals surface area (Å²) in [5.41, 5.74) is 0.980. The van der Waals surface area contributed by atoms with Crippen molar-refractivity contribution in [3.63, 3.8) is 0 Å². The Balaban J connectivity index is 1.65. The van der Waals surface area contributed by atoms with Gasteiger partial charge in [0.05, 0.1) is 6.54 Å². The Hall–Kier alpha value is -1.72. The van der Waals surface area contributed by atoms with Crippen molar-refractivity contribution in [2.75, 3.05) is 19.6 Å². The zero-order valence-electron chi connectivity index (χ0n) is 12.8. The molecule has 1 aliphatic carbocycles. The molecule has 0 spiro atoms. The molecule has 5 heteroatoms. The smallest absolute Gasteiger partial charge is 0.317 e. The van der Waals surface area contributed by atoms with Gasteiger partial charge in [-0.2, -0.15) is 0 Å². The summed E-state index contributed by atoms with van der Waals surface area (Å²) in [7, 11) is 0. The van der Waals surface area contributed by atoms with Gasteiger partial charge < -0.3 is 10.4 Å². The molecule has 1 saturated carbocycles. The summed E-state index contributed by atoms with van der Waals surface area (Å²) in [5, 5.41) is 12.3. The molecule has 0 aromatic heterocycles. The normalized spacial score (nSPS) is 21.2. The van der Waals surface area contributed by atoms with Crippen LogP contribution in [-0.4, -0.2) is 47.7 Å². The number of hydrogen-bond acceptors (Lipinski definition) is 3. The Morgan fingerprint density at radius 2 is 2.09 bits per heavy atom. The summed E-state index contributed by atoms with van der Waals surface area (Å²) in [6, 6.07) is 7.22. The minimum atomic E-state index is -0.763. The fourth-order valence-corrected chi connectivity index (χ4v) is 2.73. The Morgan fingerprint density at radius 3 is 2.68 bits per heavy atom. The molecule has 0 bridgehead atoms. The van der Waals surface area contributed by atoms with Gasteiger partial charge in [0.25, 0.3) is 0 Å². The van der Waals surface area contributed by atoms with Gasteiger partial charge in [0, 0.05) is 18.6 Å². The lowest BCUT2D eigenvalue weighted by atomic mass is 9.85. The third-order valence-electron chi connectivity index (χ3n) is 4.08. The molecule has 2 N–H and O–H groups in total. The standard InChI is InChI=1S/C17H23FN2O2/c1-2-20(12-17(21)22)16-10-15(11-16)19-9-3-4-13-5-7-14(18)8-6-13/h3-8,15-16,19H,2,9-12H2,1H3,(H,21,22)/b4-3+. The van der Waals surface area contributed by atoms with Crippen molar-refractivity contribution in [2.45, 2.75) is 31.8 Å². The predicted molar refractivity (Wildman–Crippen MR) is 85.1 cm³/mol. The molecule has 0 atom stereocenters. The molecular weight excluding hydrogens is 283 g/mol. The van der Waals surface area contributed by atoms with E-state index in [1.807, 2.05) is 24.0 Å². The van der Waals surface area contributed by atoms with Gasteiger partial charge in [-0.1, -0.05) is 31.2 Å². The molecule has 120 valence electrons. The lowest BCUT2D eigenvalue weighted by molar-refractivity contribution is -0.139. The minimum Gasteiger partial charge on any atom is -0.480 e. The molecule has 0 heterocycles. The first kappa shape index (κ1) is 16.6. The van der Waals surface area contributed by atoms with E-state index in [1.54, 1.807) is 12.1 Å². The van der Waals surface area contributed by atoms with Gasteiger partial charge in [0.1, 0.15) is 5.82 Å². The third-order valence-corrected chi connectivity index (χ3v) is 4.08. The Bertz CT molecular complexity index is 510. The number of carboxylic acids is 1. The highest BCUT2D eigenvalue weighted by Crippen LogP contribution is 2.25. The quantitative estimate of drug-likeness (QED) is 0.774. The molecule has 0 unspecified atom stereocenters. The van der Waals surface area contributed by atoms with Crippen LogP contribution in [0.5, 0.6) is 0 Å². The highest BCUT2D eigenvalue weighted by molar-refractivity contribution is 5.69. The van der Waals surface area contributed by atoms with Crippen molar-refractivity contribution < 1.29 is 14.3 Å². The first-order valence-electron chi connectivity index (χ1n) is 7.69. The zero-order chi connectivity index (χ0) is 15.9. The van der Waals surface area contributed by atoms with Gasteiger partial charge in [-0.3, -0.25) is 9.69 Å². The number of carbonyl (C=O) groups is 1. The fraction of sp³-hybridized carbons (Fsp3) is 0.471. The van der Waals surface area contributed by atoms with Crippen LogP contribution in [0.2, 0.25) is 0 Å². The van der Waals surface area contributed by atoms with Crippen LogP contribution < -0.4 is 5.32 Å². The van der Waals surface area contributed by atoms with Crippen LogP contribution in [0.15, 0.2) is 30.3 Å². The van der Waals surface area contributed by atoms with Crippen molar-refractivity contribution >= 4 is 12.0 Å². The molecule has 0 aliphatic heterocycles. The number of halogens is 1. The van der Waals surface area contributed by atoms with Gasteiger partial charge in [-0.15, -0.1) is 0 Å². The lowest BCUT2D eigenvalue weighted by Crippen LogP contribution is -2.53. The van der Waals surface area contributed by atoms with Crippen LogP contribution in [0.4, 0.5) is 4.39 Å². The van der Waals surface area contributed by atoms with E-state index >= 15 is 0 Å². The number of likely N-dealkylation sites (N-methyl/N-ethyl adjacent to an activating group) is 1. The SMILES string of the molecule is CCN(CC(=O)O)C1CC(NC/C=C/c2ccc(F)cc2)C1. The number of carboxylic acid groups (broad SMARTS) is 1. The minimum absolute atomic E-state index is 0.123. The summed E-state index contributed by atoms with van der Waals surface area (Å²) in [4.78, 5) is 12.8. The van der Waals surface area contributed by atoms with E-state index in [-0.39, 0.29) is 12.4 Å². The Morgan fingerprint density at radius 1 is 1.41 bits per heavy atom. The van der Waals surface area contributed by atoms with Gasteiger partial charge in [0.15, 0.2) is 0 Å². The summed E-state index contributed by atoms with van der Waals surface area (Å²) < 4.78 is 12.8. The van der Waals surface area contributed by atoms with E-state index < -0.39 is 5.97 Å². The first-order chi connectivity index (χ1) is 10.6. The molecule has 2 rings (SSSR count). The van der Waals surface area contributed by atoms with E-state index in [1.165, 1.54) is 12.1 Å². The molecule has 4 nitrogen and oxygen atoms in total. The number of nitrogens with one attached hydrogen (secondary N) is 1. The second-order valence-electron chi connectivity index (χ2n) is 5.64. The molecule has 0 saturated heterocycles. The number of aliphatic carboxylic acids is 1. The van der Waals surface area contributed by atoms with E-state index in [0.717, 1.165) is 31.5 Å². The first-order valence-corrected chi connectivity index (χ1v) is 7.69. The maximum Gasteiger partial charge on any atom is 0.317 e. The molecule has 0 radical (unpaired) electrons. The number of rotatable bonds is 8. The van der Waals surface area contributed by atoms with Gasteiger partial charge >= 0.3 is 5.97 Å². The van der Waals surface area contributed by atoms with Crippen LogP contribution in [-0.2, 0) is 4.79 Å². The van der Waals surface area contributed by atoms with Gasteiger partial charge in [-0.25, -0.2) is 4.39 Å². The van der Waals surface area contributed by atoms with E-state index in [2.05, 4.69) is 5.32 Å². The lowest BCUT2D eigenvalue weighted by Gasteiger charge is -2.42. The van der Waals surface area contributed by atoms with Crippen molar-refractivity contribution in [3.8, 4) is 0 Å². The maximum atomic E-state index is 12.8. The average molecular weight is 306 g/mol. The molecule has 22 heavy (non-hydrogen) atoms.